The molecule has 26 heavy (non-hydrogen) atoms. The lowest BCUT2D eigenvalue weighted by molar-refractivity contribution is -0.148. The number of ether oxygens (including phenoxy) is 2. The molecule has 0 radical (unpaired) electrons. The fraction of sp³-hybridized carbons (Fsp3) is 0.368. The molecular formula is C19H23NO6. The van der Waals surface area contributed by atoms with E-state index >= 15 is 0 Å². The van der Waals surface area contributed by atoms with E-state index in [-0.39, 0.29) is 31.8 Å². The first-order chi connectivity index (χ1) is 12.5. The van der Waals surface area contributed by atoms with Gasteiger partial charge in [0, 0.05) is 18.1 Å². The highest BCUT2D eigenvalue weighted by molar-refractivity contribution is 6.07. The maximum Gasteiger partial charge on any atom is 0.328 e. The van der Waals surface area contributed by atoms with E-state index in [1.54, 1.807) is 44.2 Å². The monoisotopic (exact) mass is 361 g/mol. The van der Waals surface area contributed by atoms with Gasteiger partial charge in [0.05, 0.1) is 13.2 Å². The molecule has 0 aliphatic heterocycles. The van der Waals surface area contributed by atoms with Crippen molar-refractivity contribution in [3.8, 4) is 0 Å². The lowest BCUT2D eigenvalue weighted by Gasteiger charge is -2.15. The predicted molar refractivity (Wildman–Crippen MR) is 94.3 cm³/mol. The molecular weight excluding hydrogens is 338 g/mol. The quantitative estimate of drug-likeness (QED) is 0.388. The molecule has 0 bridgehead atoms. The SMILES string of the molecule is CCOC(=O)CC[C@H](NC(=O)C=CC(=O)c1ccccc1)C(=O)OCC. The molecule has 0 aliphatic carbocycles. The van der Waals surface area contributed by atoms with Gasteiger partial charge in [-0.1, -0.05) is 30.3 Å². The largest absolute Gasteiger partial charge is 0.466 e. The van der Waals surface area contributed by atoms with Crippen LogP contribution < -0.4 is 5.32 Å². The minimum atomic E-state index is -0.997. The molecule has 1 atom stereocenters. The first-order valence-corrected chi connectivity index (χ1v) is 8.38. The van der Waals surface area contributed by atoms with Crippen molar-refractivity contribution in [3.05, 3.63) is 48.0 Å². The summed E-state index contributed by atoms with van der Waals surface area (Å²) in [6, 6.07) is 7.47. The minimum Gasteiger partial charge on any atom is -0.466 e. The molecule has 1 N–H and O–H groups in total. The molecule has 7 nitrogen and oxygen atoms in total. The molecule has 1 amide bonds. The molecule has 7 heteroatoms. The normalized spacial score (nSPS) is 11.6. The van der Waals surface area contributed by atoms with Crippen molar-refractivity contribution in [2.24, 2.45) is 0 Å². The molecule has 0 unspecified atom stereocenters. The average Bonchev–Trinajstić information content (AvgIpc) is 2.64. The highest BCUT2D eigenvalue weighted by atomic mass is 16.5. The topological polar surface area (TPSA) is 98.8 Å². The summed E-state index contributed by atoms with van der Waals surface area (Å²) in [6.07, 6.45) is 2.18. The van der Waals surface area contributed by atoms with Gasteiger partial charge in [0.15, 0.2) is 5.78 Å². The van der Waals surface area contributed by atoms with Crippen LogP contribution in [0.25, 0.3) is 0 Å². The van der Waals surface area contributed by atoms with Crippen LogP contribution in [0.2, 0.25) is 0 Å². The van der Waals surface area contributed by atoms with Crippen LogP contribution in [0, 0.1) is 0 Å². The van der Waals surface area contributed by atoms with E-state index in [4.69, 9.17) is 9.47 Å². The van der Waals surface area contributed by atoms with Gasteiger partial charge in [-0.3, -0.25) is 14.4 Å². The van der Waals surface area contributed by atoms with Gasteiger partial charge in [0.1, 0.15) is 6.04 Å². The lowest BCUT2D eigenvalue weighted by Crippen LogP contribution is -2.41. The Hall–Kier alpha value is -2.96. The van der Waals surface area contributed by atoms with E-state index in [9.17, 15) is 19.2 Å². The molecule has 0 spiro atoms. The maximum absolute atomic E-state index is 12.0. The van der Waals surface area contributed by atoms with Gasteiger partial charge in [-0.05, 0) is 26.3 Å². The molecule has 0 aliphatic rings. The third-order valence-corrected chi connectivity index (χ3v) is 3.27. The zero-order valence-electron chi connectivity index (χ0n) is 14.9. The Morgan fingerprint density at radius 2 is 1.65 bits per heavy atom. The van der Waals surface area contributed by atoms with Crippen LogP contribution >= 0.6 is 0 Å². The summed E-state index contributed by atoms with van der Waals surface area (Å²) in [5.41, 5.74) is 0.445. The molecule has 0 heterocycles. The van der Waals surface area contributed by atoms with Gasteiger partial charge in [-0.2, -0.15) is 0 Å². The van der Waals surface area contributed by atoms with Gasteiger partial charge in [-0.25, -0.2) is 4.79 Å². The van der Waals surface area contributed by atoms with Gasteiger partial charge in [0.2, 0.25) is 5.91 Å². The number of nitrogens with one attached hydrogen (secondary N) is 1. The van der Waals surface area contributed by atoms with Crippen LogP contribution in [0.4, 0.5) is 0 Å². The standard InChI is InChI=1S/C19H23NO6/c1-3-25-18(23)13-10-15(19(24)26-4-2)20-17(22)12-11-16(21)14-8-6-5-7-9-14/h5-9,11-12,15H,3-4,10,13H2,1-2H3,(H,20,22)/t15-/m0/s1. The van der Waals surface area contributed by atoms with Crippen LogP contribution in [0.1, 0.15) is 37.0 Å². The molecule has 140 valence electrons. The highest BCUT2D eigenvalue weighted by Gasteiger charge is 2.22. The van der Waals surface area contributed by atoms with E-state index in [1.807, 2.05) is 0 Å². The second kappa shape index (κ2) is 11.6. The predicted octanol–water partition coefficient (Wildman–Crippen LogP) is 1.82. The zero-order chi connectivity index (χ0) is 19.4. The number of rotatable bonds is 10. The van der Waals surface area contributed by atoms with Crippen molar-refractivity contribution in [1.29, 1.82) is 0 Å². The number of carbonyl (C=O) groups is 4. The van der Waals surface area contributed by atoms with Crippen molar-refractivity contribution in [1.82, 2.24) is 5.32 Å². The summed E-state index contributed by atoms with van der Waals surface area (Å²) in [4.78, 5) is 47.3. The van der Waals surface area contributed by atoms with Crippen LogP contribution in [0.3, 0.4) is 0 Å². The van der Waals surface area contributed by atoms with E-state index in [0.29, 0.717) is 5.56 Å². The summed E-state index contributed by atoms with van der Waals surface area (Å²) in [6.45, 7) is 3.70. The Labute approximate surface area is 152 Å². The molecule has 0 fully saturated rings. The number of allylic oxidation sites excluding steroid dienone is 1. The summed E-state index contributed by atoms with van der Waals surface area (Å²) in [7, 11) is 0. The summed E-state index contributed by atoms with van der Waals surface area (Å²) in [5.74, 6) is -2.07. The van der Waals surface area contributed by atoms with Crippen molar-refractivity contribution < 1.29 is 28.7 Å². The molecule has 1 aromatic rings. The minimum absolute atomic E-state index is 0.0374. The average molecular weight is 361 g/mol. The molecule has 1 rings (SSSR count). The number of esters is 2. The van der Waals surface area contributed by atoms with Crippen molar-refractivity contribution in [3.63, 3.8) is 0 Å². The van der Waals surface area contributed by atoms with Crippen LogP contribution in [0.15, 0.2) is 42.5 Å². The number of carbonyl (C=O) groups excluding carboxylic acids is 4. The number of amides is 1. The van der Waals surface area contributed by atoms with Crippen molar-refractivity contribution in [2.75, 3.05) is 13.2 Å². The van der Waals surface area contributed by atoms with Crippen LogP contribution in [-0.2, 0) is 23.9 Å². The Balaban J connectivity index is 2.65. The first kappa shape index (κ1) is 21.1. The molecule has 0 aromatic heterocycles. The lowest BCUT2D eigenvalue weighted by atomic mass is 10.1. The fourth-order valence-electron chi connectivity index (χ4n) is 2.06. The van der Waals surface area contributed by atoms with E-state index < -0.39 is 23.9 Å². The third-order valence-electron chi connectivity index (χ3n) is 3.27. The molecule has 0 saturated carbocycles. The third kappa shape index (κ3) is 7.74. The van der Waals surface area contributed by atoms with E-state index in [0.717, 1.165) is 12.2 Å². The highest BCUT2D eigenvalue weighted by Crippen LogP contribution is 2.04. The van der Waals surface area contributed by atoms with E-state index in [1.165, 1.54) is 0 Å². The van der Waals surface area contributed by atoms with Crippen LogP contribution in [-0.4, -0.2) is 42.9 Å². The molecule has 1 aromatic carbocycles. The number of benzene rings is 1. The van der Waals surface area contributed by atoms with Crippen LogP contribution in [0.5, 0.6) is 0 Å². The summed E-state index contributed by atoms with van der Waals surface area (Å²) in [5, 5.41) is 2.45. The number of ketones is 1. The Morgan fingerprint density at radius 3 is 2.27 bits per heavy atom. The van der Waals surface area contributed by atoms with Gasteiger partial charge in [-0.15, -0.1) is 0 Å². The summed E-state index contributed by atoms with van der Waals surface area (Å²) < 4.78 is 9.70. The van der Waals surface area contributed by atoms with Gasteiger partial charge >= 0.3 is 11.9 Å². The van der Waals surface area contributed by atoms with Crippen molar-refractivity contribution in [2.45, 2.75) is 32.7 Å². The second-order valence-corrected chi connectivity index (χ2v) is 5.22. The Kier molecular flexibility index (Phi) is 9.38. The number of hydrogen-bond donors (Lipinski definition) is 1. The van der Waals surface area contributed by atoms with Gasteiger partial charge in [0.25, 0.3) is 0 Å². The van der Waals surface area contributed by atoms with Gasteiger partial charge < -0.3 is 14.8 Å². The summed E-state index contributed by atoms with van der Waals surface area (Å²) >= 11 is 0. The Morgan fingerprint density at radius 1 is 1.00 bits per heavy atom. The zero-order valence-corrected chi connectivity index (χ0v) is 14.9. The van der Waals surface area contributed by atoms with E-state index in [2.05, 4.69) is 5.32 Å². The second-order valence-electron chi connectivity index (χ2n) is 5.22. The van der Waals surface area contributed by atoms with Crippen molar-refractivity contribution >= 4 is 23.6 Å². The smallest absolute Gasteiger partial charge is 0.328 e. The Bertz CT molecular complexity index is 653. The number of hydrogen-bond acceptors (Lipinski definition) is 6. The fourth-order valence-corrected chi connectivity index (χ4v) is 2.06. The molecule has 0 saturated heterocycles. The first-order valence-electron chi connectivity index (χ1n) is 8.38. The maximum atomic E-state index is 12.0.